The molecule has 0 aliphatic heterocycles. The standard InChI is InChI=1S/C20H28N2O4/c1-14(2)12-16(10-11-18(23)26-4)19(24)22-17(20(25)21-3)13-15-8-6-5-7-9-15/h5-10,14,17H,11-13H2,1-4H3,(H,21,25)(H,22,24)/b16-10+/t17-/m0/s1. The van der Waals surface area contributed by atoms with Crippen molar-refractivity contribution in [3.05, 3.63) is 47.5 Å². The number of hydrogen-bond donors (Lipinski definition) is 2. The Labute approximate surface area is 155 Å². The van der Waals surface area contributed by atoms with Gasteiger partial charge in [0.1, 0.15) is 6.04 Å². The van der Waals surface area contributed by atoms with Crippen molar-refractivity contribution in [1.82, 2.24) is 10.6 Å². The molecule has 0 spiro atoms. The number of carbonyl (C=O) groups excluding carboxylic acids is 3. The van der Waals surface area contributed by atoms with Crippen molar-refractivity contribution in [1.29, 1.82) is 0 Å². The average Bonchev–Trinajstić information content (AvgIpc) is 2.63. The van der Waals surface area contributed by atoms with E-state index in [0.717, 1.165) is 5.56 Å². The van der Waals surface area contributed by atoms with E-state index in [2.05, 4.69) is 15.4 Å². The SMILES string of the molecule is CNC(=O)[C@H](Cc1ccccc1)NC(=O)/C(=C/CC(=O)OC)CC(C)C. The summed E-state index contributed by atoms with van der Waals surface area (Å²) in [6, 6.07) is 8.79. The minimum absolute atomic E-state index is 0.0231. The number of esters is 1. The molecule has 26 heavy (non-hydrogen) atoms. The smallest absolute Gasteiger partial charge is 0.309 e. The first-order valence-corrected chi connectivity index (χ1v) is 8.69. The number of benzene rings is 1. The molecule has 1 rings (SSSR count). The van der Waals surface area contributed by atoms with Crippen molar-refractivity contribution in [2.45, 2.75) is 39.2 Å². The molecule has 1 aromatic carbocycles. The summed E-state index contributed by atoms with van der Waals surface area (Å²) in [7, 11) is 2.84. The van der Waals surface area contributed by atoms with E-state index < -0.39 is 12.0 Å². The number of ether oxygens (including phenoxy) is 1. The van der Waals surface area contributed by atoms with Crippen molar-refractivity contribution < 1.29 is 19.1 Å². The number of likely N-dealkylation sites (N-methyl/N-ethyl adjacent to an activating group) is 1. The van der Waals surface area contributed by atoms with Gasteiger partial charge in [-0.2, -0.15) is 0 Å². The zero-order valence-corrected chi connectivity index (χ0v) is 15.9. The lowest BCUT2D eigenvalue weighted by atomic mass is 9.99. The molecular formula is C20H28N2O4. The van der Waals surface area contributed by atoms with E-state index in [0.29, 0.717) is 18.4 Å². The predicted octanol–water partition coefficient (Wildman–Crippen LogP) is 2.00. The van der Waals surface area contributed by atoms with E-state index in [-0.39, 0.29) is 24.2 Å². The van der Waals surface area contributed by atoms with Crippen LogP contribution in [0.15, 0.2) is 42.0 Å². The molecule has 0 bridgehead atoms. The highest BCUT2D eigenvalue weighted by Gasteiger charge is 2.22. The number of methoxy groups -OCH3 is 1. The Kier molecular flexibility index (Phi) is 9.12. The second-order valence-corrected chi connectivity index (χ2v) is 6.44. The van der Waals surface area contributed by atoms with Crippen LogP contribution in [0.25, 0.3) is 0 Å². The molecule has 0 saturated carbocycles. The summed E-state index contributed by atoms with van der Waals surface area (Å²) in [5.41, 5.74) is 1.43. The molecule has 6 nitrogen and oxygen atoms in total. The summed E-state index contributed by atoms with van der Waals surface area (Å²) in [5.74, 6) is -0.783. The Bertz CT molecular complexity index is 638. The van der Waals surface area contributed by atoms with Gasteiger partial charge in [-0.05, 0) is 17.9 Å². The highest BCUT2D eigenvalue weighted by molar-refractivity contribution is 5.97. The molecule has 1 atom stereocenters. The van der Waals surface area contributed by atoms with E-state index >= 15 is 0 Å². The van der Waals surface area contributed by atoms with Gasteiger partial charge in [0.05, 0.1) is 13.5 Å². The molecular weight excluding hydrogens is 332 g/mol. The fourth-order valence-electron chi connectivity index (χ4n) is 2.48. The zero-order valence-electron chi connectivity index (χ0n) is 15.9. The van der Waals surface area contributed by atoms with Crippen LogP contribution in [0, 0.1) is 5.92 Å². The lowest BCUT2D eigenvalue weighted by Crippen LogP contribution is -2.47. The summed E-state index contributed by atoms with van der Waals surface area (Å²) in [5, 5.41) is 5.37. The van der Waals surface area contributed by atoms with E-state index in [1.54, 1.807) is 6.08 Å². The Morgan fingerprint density at radius 2 is 1.81 bits per heavy atom. The van der Waals surface area contributed by atoms with Gasteiger partial charge in [0.2, 0.25) is 11.8 Å². The molecule has 0 unspecified atom stereocenters. The zero-order chi connectivity index (χ0) is 19.5. The fraction of sp³-hybridized carbons (Fsp3) is 0.450. The molecule has 0 aliphatic rings. The number of carbonyl (C=O) groups is 3. The van der Waals surface area contributed by atoms with Crippen molar-refractivity contribution in [2.75, 3.05) is 14.2 Å². The number of rotatable bonds is 9. The lowest BCUT2D eigenvalue weighted by molar-refractivity contribution is -0.139. The van der Waals surface area contributed by atoms with Crippen LogP contribution in [-0.2, 0) is 25.5 Å². The largest absolute Gasteiger partial charge is 0.469 e. The first-order valence-electron chi connectivity index (χ1n) is 8.69. The Morgan fingerprint density at radius 3 is 2.35 bits per heavy atom. The minimum atomic E-state index is -0.691. The number of nitrogens with one attached hydrogen (secondary N) is 2. The van der Waals surface area contributed by atoms with Crippen LogP contribution in [0.1, 0.15) is 32.3 Å². The second-order valence-electron chi connectivity index (χ2n) is 6.44. The highest BCUT2D eigenvalue weighted by Crippen LogP contribution is 2.13. The van der Waals surface area contributed by atoms with Crippen LogP contribution in [0.5, 0.6) is 0 Å². The van der Waals surface area contributed by atoms with Crippen molar-refractivity contribution in [3.8, 4) is 0 Å². The van der Waals surface area contributed by atoms with E-state index in [1.165, 1.54) is 14.2 Å². The predicted molar refractivity (Wildman–Crippen MR) is 100 cm³/mol. The van der Waals surface area contributed by atoms with Gasteiger partial charge in [0.15, 0.2) is 0 Å². The molecule has 0 aliphatic carbocycles. The van der Waals surface area contributed by atoms with E-state index in [1.807, 2.05) is 44.2 Å². The summed E-state index contributed by atoms with van der Waals surface area (Å²) >= 11 is 0. The van der Waals surface area contributed by atoms with Crippen LogP contribution in [0.3, 0.4) is 0 Å². The van der Waals surface area contributed by atoms with Crippen LogP contribution in [0.4, 0.5) is 0 Å². The molecule has 0 heterocycles. The van der Waals surface area contributed by atoms with Crippen LogP contribution < -0.4 is 10.6 Å². The summed E-state index contributed by atoms with van der Waals surface area (Å²) in [6.07, 6.45) is 2.49. The Hall–Kier alpha value is -2.63. The van der Waals surface area contributed by atoms with Crippen molar-refractivity contribution in [3.63, 3.8) is 0 Å². The molecule has 0 saturated heterocycles. The van der Waals surface area contributed by atoms with Gasteiger partial charge in [-0.25, -0.2) is 0 Å². The first-order chi connectivity index (χ1) is 12.4. The molecule has 0 aromatic heterocycles. The lowest BCUT2D eigenvalue weighted by Gasteiger charge is -2.19. The summed E-state index contributed by atoms with van der Waals surface area (Å²) in [6.45, 7) is 3.97. The third kappa shape index (κ3) is 7.51. The van der Waals surface area contributed by atoms with Gasteiger partial charge < -0.3 is 15.4 Å². The maximum Gasteiger partial charge on any atom is 0.309 e. The Balaban J connectivity index is 2.92. The molecule has 0 radical (unpaired) electrons. The third-order valence-electron chi connectivity index (χ3n) is 3.81. The summed E-state index contributed by atoms with van der Waals surface area (Å²) < 4.78 is 4.62. The molecule has 0 fully saturated rings. The monoisotopic (exact) mass is 360 g/mol. The molecule has 1 aromatic rings. The van der Waals surface area contributed by atoms with Crippen LogP contribution in [-0.4, -0.2) is 38.0 Å². The number of amides is 2. The van der Waals surface area contributed by atoms with Crippen LogP contribution >= 0.6 is 0 Å². The van der Waals surface area contributed by atoms with Crippen molar-refractivity contribution in [2.24, 2.45) is 5.92 Å². The Morgan fingerprint density at radius 1 is 1.15 bits per heavy atom. The summed E-state index contributed by atoms with van der Waals surface area (Å²) in [4.78, 5) is 36.3. The molecule has 142 valence electrons. The normalized spacial score (nSPS) is 12.4. The highest BCUT2D eigenvalue weighted by atomic mass is 16.5. The minimum Gasteiger partial charge on any atom is -0.469 e. The van der Waals surface area contributed by atoms with Crippen LogP contribution in [0.2, 0.25) is 0 Å². The number of hydrogen-bond acceptors (Lipinski definition) is 4. The van der Waals surface area contributed by atoms with E-state index in [4.69, 9.17) is 0 Å². The van der Waals surface area contributed by atoms with Gasteiger partial charge in [-0.15, -0.1) is 0 Å². The average molecular weight is 360 g/mol. The molecule has 2 amide bonds. The fourth-order valence-corrected chi connectivity index (χ4v) is 2.48. The maximum absolute atomic E-state index is 12.7. The second kappa shape index (κ2) is 11.1. The maximum atomic E-state index is 12.7. The van der Waals surface area contributed by atoms with Crippen molar-refractivity contribution >= 4 is 17.8 Å². The first kappa shape index (κ1) is 21.4. The van der Waals surface area contributed by atoms with Gasteiger partial charge in [-0.1, -0.05) is 50.3 Å². The van der Waals surface area contributed by atoms with Gasteiger partial charge in [0.25, 0.3) is 0 Å². The third-order valence-corrected chi connectivity index (χ3v) is 3.81. The van der Waals surface area contributed by atoms with Gasteiger partial charge in [0, 0.05) is 19.0 Å². The van der Waals surface area contributed by atoms with Gasteiger partial charge in [-0.3, -0.25) is 14.4 Å². The molecule has 6 heteroatoms. The topological polar surface area (TPSA) is 84.5 Å². The molecule has 2 N–H and O–H groups in total. The van der Waals surface area contributed by atoms with E-state index in [9.17, 15) is 14.4 Å². The quantitative estimate of drug-likeness (QED) is 0.521. The van der Waals surface area contributed by atoms with Gasteiger partial charge >= 0.3 is 5.97 Å².